The molecule has 242 valence electrons. The summed E-state index contributed by atoms with van der Waals surface area (Å²) in [4.78, 5) is 31.9. The molecule has 47 heavy (non-hydrogen) atoms. The minimum Gasteiger partial charge on any atom is -0.375 e. The average Bonchev–Trinajstić information content (AvgIpc) is 3.78. The van der Waals surface area contributed by atoms with Crippen LogP contribution in [-0.4, -0.2) is 63.7 Å². The summed E-state index contributed by atoms with van der Waals surface area (Å²) in [6, 6.07) is 13.7. The predicted molar refractivity (Wildman–Crippen MR) is 180 cm³/mol. The molecule has 2 saturated heterocycles. The van der Waals surface area contributed by atoms with Gasteiger partial charge in [-0.1, -0.05) is 18.7 Å². The Morgan fingerprint density at radius 1 is 1.04 bits per heavy atom. The van der Waals surface area contributed by atoms with E-state index in [2.05, 4.69) is 42.0 Å². The molecular weight excluding hydrogens is 625 g/mol. The van der Waals surface area contributed by atoms with Crippen molar-refractivity contribution >= 4 is 39.7 Å². The first kappa shape index (κ1) is 30.9. The van der Waals surface area contributed by atoms with Gasteiger partial charge in [0.15, 0.2) is 10.8 Å². The molecule has 0 aliphatic carbocycles. The predicted octanol–water partition coefficient (Wildman–Crippen LogP) is 6.40. The smallest absolute Gasteiger partial charge is 0.375 e. The number of rotatable bonds is 7. The van der Waals surface area contributed by atoms with Crippen molar-refractivity contribution < 1.29 is 13.2 Å². The monoisotopic (exact) mass is 658 g/mol. The molecule has 1 atom stereocenters. The van der Waals surface area contributed by atoms with Crippen LogP contribution < -0.4 is 21.1 Å². The van der Waals surface area contributed by atoms with E-state index in [9.17, 15) is 18.0 Å². The van der Waals surface area contributed by atoms with E-state index in [1.165, 1.54) is 46.5 Å². The van der Waals surface area contributed by atoms with E-state index in [-0.39, 0.29) is 28.6 Å². The van der Waals surface area contributed by atoms with E-state index in [1.54, 1.807) is 11.4 Å². The van der Waals surface area contributed by atoms with Crippen LogP contribution >= 0.6 is 11.3 Å². The molecule has 5 heterocycles. The highest BCUT2D eigenvalue weighted by Crippen LogP contribution is 2.40. The third-order valence-electron chi connectivity index (χ3n) is 8.80. The summed E-state index contributed by atoms with van der Waals surface area (Å²) in [7, 11) is 0. The Kier molecular flexibility index (Phi) is 8.18. The number of halogens is 3. The van der Waals surface area contributed by atoms with Crippen LogP contribution in [0.15, 0.2) is 83.4 Å². The molecule has 2 aliphatic heterocycles. The maximum Gasteiger partial charge on any atom is 0.417 e. The second-order valence-corrected chi connectivity index (χ2v) is 12.7. The lowest BCUT2D eigenvalue weighted by Gasteiger charge is -2.29. The molecule has 1 unspecified atom stereocenters. The number of pyridine rings is 1. The largest absolute Gasteiger partial charge is 0.417 e. The molecule has 2 aliphatic rings. The number of hydrogen-bond acceptors (Lipinski definition) is 9. The highest BCUT2D eigenvalue weighted by Gasteiger charge is 2.36. The molecule has 9 nitrogen and oxygen atoms in total. The lowest BCUT2D eigenvalue weighted by molar-refractivity contribution is -0.137. The van der Waals surface area contributed by atoms with Crippen LogP contribution in [-0.2, 0) is 6.18 Å². The quantitative estimate of drug-likeness (QED) is 0.208. The van der Waals surface area contributed by atoms with E-state index < -0.39 is 17.3 Å². The number of fused-ring (bicyclic) bond motifs is 1. The van der Waals surface area contributed by atoms with Crippen LogP contribution in [0.4, 0.5) is 30.5 Å². The first-order valence-corrected chi connectivity index (χ1v) is 16.3. The van der Waals surface area contributed by atoms with E-state index in [4.69, 9.17) is 0 Å². The fraction of sp³-hybridized carbons (Fsp3) is 0.294. The van der Waals surface area contributed by atoms with Crippen LogP contribution in [0.5, 0.6) is 0 Å². The van der Waals surface area contributed by atoms with E-state index in [0.717, 1.165) is 56.2 Å². The second kappa shape index (κ2) is 12.5. The molecule has 3 aromatic heterocycles. The van der Waals surface area contributed by atoms with Crippen molar-refractivity contribution in [2.45, 2.75) is 25.4 Å². The molecule has 0 bridgehead atoms. The Balaban J connectivity index is 1.27. The van der Waals surface area contributed by atoms with Crippen molar-refractivity contribution in [3.8, 4) is 16.3 Å². The maximum atomic E-state index is 14.6. The second-order valence-electron chi connectivity index (χ2n) is 11.9. The number of nitrogens with zero attached hydrogens (tertiary/aromatic N) is 6. The summed E-state index contributed by atoms with van der Waals surface area (Å²) >= 11 is 1.19. The van der Waals surface area contributed by atoms with Gasteiger partial charge in [0.25, 0.3) is 5.56 Å². The Morgan fingerprint density at radius 3 is 2.51 bits per heavy atom. The van der Waals surface area contributed by atoms with Crippen LogP contribution in [0.2, 0.25) is 0 Å². The topological polar surface area (TPSA) is 91.2 Å². The number of anilines is 3. The minimum atomic E-state index is -4.68. The average molecular weight is 659 g/mol. The number of nitrogens with one attached hydrogen (secondary N) is 2. The van der Waals surface area contributed by atoms with Crippen molar-refractivity contribution in [3.63, 3.8) is 0 Å². The molecule has 2 fully saturated rings. The fourth-order valence-electron chi connectivity index (χ4n) is 6.33. The Hall–Kier alpha value is -4.75. The lowest BCUT2D eigenvalue weighted by Crippen LogP contribution is -2.43. The van der Waals surface area contributed by atoms with Crippen molar-refractivity contribution in [1.82, 2.24) is 29.7 Å². The van der Waals surface area contributed by atoms with Crippen LogP contribution in [0.1, 0.15) is 30.4 Å². The van der Waals surface area contributed by atoms with E-state index in [0.29, 0.717) is 22.6 Å². The van der Waals surface area contributed by atoms with E-state index in [1.807, 2.05) is 31.2 Å². The molecule has 5 aromatic rings. The molecular formula is C34H33F3N8OS. The number of piperazine rings is 1. The zero-order valence-electron chi connectivity index (χ0n) is 25.7. The molecule has 7 rings (SSSR count). The van der Waals surface area contributed by atoms with E-state index >= 15 is 0 Å². The highest BCUT2D eigenvalue weighted by molar-refractivity contribution is 7.12. The van der Waals surface area contributed by atoms with Gasteiger partial charge in [0.2, 0.25) is 5.95 Å². The van der Waals surface area contributed by atoms with Gasteiger partial charge in [0.1, 0.15) is 0 Å². The summed E-state index contributed by atoms with van der Waals surface area (Å²) < 4.78 is 45.2. The molecule has 2 N–H and O–H groups in total. The third-order valence-corrected chi connectivity index (χ3v) is 9.55. The van der Waals surface area contributed by atoms with Crippen molar-refractivity contribution in [2.24, 2.45) is 0 Å². The number of hydrogen-bond donors (Lipinski definition) is 2. The standard InChI is InChI=1S/C34H33F3N8OS/c1-21(2)44-13-9-23(20-44)22-3-8-27(29(18-22)34(35,36)37)28-17-24-19-40-32(42-30(24)45(31(28)46)33-39-12-16-47-33)41-25-4-6-26(7-5-25)43-14-10-38-11-15-43/h3-8,12,16-19,23,38H,1,9-11,13-15,20H2,2H3,(H,40,41,42). The van der Waals surface area contributed by atoms with Gasteiger partial charge < -0.3 is 20.4 Å². The van der Waals surface area contributed by atoms with Gasteiger partial charge in [-0.15, -0.1) is 11.3 Å². The normalized spacial score (nSPS) is 17.0. The number of aromatic nitrogens is 4. The minimum absolute atomic E-state index is 0.0666. The number of likely N-dealkylation sites (tertiary alicyclic amines) is 1. The summed E-state index contributed by atoms with van der Waals surface area (Å²) in [5, 5.41) is 8.94. The molecule has 0 amide bonds. The van der Waals surface area contributed by atoms with Crippen LogP contribution in [0.3, 0.4) is 0 Å². The van der Waals surface area contributed by atoms with Gasteiger partial charge in [-0.2, -0.15) is 18.2 Å². The van der Waals surface area contributed by atoms with Gasteiger partial charge in [0.05, 0.1) is 5.56 Å². The third kappa shape index (κ3) is 6.20. The Morgan fingerprint density at radius 2 is 1.83 bits per heavy atom. The summed E-state index contributed by atoms with van der Waals surface area (Å²) in [6.07, 6.45) is -0.906. The Labute approximate surface area is 273 Å². The zero-order chi connectivity index (χ0) is 32.7. The number of thiazole rings is 1. The van der Waals surface area contributed by atoms with Gasteiger partial charge in [-0.25, -0.2) is 14.5 Å². The Bertz CT molecular complexity index is 1990. The van der Waals surface area contributed by atoms with Gasteiger partial charge in [0, 0.05) is 91.0 Å². The molecule has 2 aromatic carbocycles. The summed E-state index contributed by atoms with van der Waals surface area (Å²) in [6.45, 7) is 10.9. The van der Waals surface area contributed by atoms with Crippen molar-refractivity contribution in [1.29, 1.82) is 0 Å². The number of allylic oxidation sites excluding steroid dienone is 1. The number of alkyl halides is 3. The molecule has 0 radical (unpaired) electrons. The first-order chi connectivity index (χ1) is 22.7. The maximum absolute atomic E-state index is 14.6. The molecule has 0 spiro atoms. The summed E-state index contributed by atoms with van der Waals surface area (Å²) in [5.74, 6) is 0.175. The zero-order valence-corrected chi connectivity index (χ0v) is 26.5. The van der Waals surface area contributed by atoms with Gasteiger partial charge in [-0.05, 0) is 60.9 Å². The summed E-state index contributed by atoms with van der Waals surface area (Å²) in [5.41, 5.74) is 1.79. The number of benzene rings is 2. The van der Waals surface area contributed by atoms with Gasteiger partial charge in [-0.3, -0.25) is 4.79 Å². The first-order valence-electron chi connectivity index (χ1n) is 15.4. The van der Waals surface area contributed by atoms with Crippen LogP contribution in [0.25, 0.3) is 27.3 Å². The van der Waals surface area contributed by atoms with Crippen LogP contribution in [0, 0.1) is 0 Å². The SMILES string of the molecule is C=C(C)N1CCC(c2ccc(-c3cc4cnc(Nc5ccc(N6CCNCC6)cc5)nc4n(-c4nccs4)c3=O)c(C(F)(F)F)c2)C1. The lowest BCUT2D eigenvalue weighted by atomic mass is 9.91. The molecule has 0 saturated carbocycles. The van der Waals surface area contributed by atoms with Gasteiger partial charge >= 0.3 is 6.18 Å². The van der Waals surface area contributed by atoms with Crippen molar-refractivity contribution in [3.05, 3.63) is 100 Å². The highest BCUT2D eigenvalue weighted by atomic mass is 32.1. The fourth-order valence-corrected chi connectivity index (χ4v) is 6.97. The van der Waals surface area contributed by atoms with Crippen molar-refractivity contribution in [2.75, 3.05) is 49.5 Å². The molecule has 13 heteroatoms.